The van der Waals surface area contributed by atoms with Crippen molar-refractivity contribution in [3.63, 3.8) is 0 Å². The van der Waals surface area contributed by atoms with Gasteiger partial charge in [0.15, 0.2) is 0 Å². The summed E-state index contributed by atoms with van der Waals surface area (Å²) >= 11 is 0. The number of hydrogen-bond acceptors (Lipinski definition) is 3. The molecule has 0 spiro atoms. The van der Waals surface area contributed by atoms with Gasteiger partial charge in [0.25, 0.3) is 5.56 Å². The van der Waals surface area contributed by atoms with E-state index in [1.807, 2.05) is 30.3 Å². The fourth-order valence-electron chi connectivity index (χ4n) is 2.18. The summed E-state index contributed by atoms with van der Waals surface area (Å²) in [5.41, 5.74) is 1.72. The lowest BCUT2D eigenvalue weighted by atomic mass is 10.3. The number of fused-ring (bicyclic) bond motifs is 1. The minimum Gasteiger partial charge on any atom is -0.385 e. The largest absolute Gasteiger partial charge is 0.385 e. The molecule has 0 amide bonds. The van der Waals surface area contributed by atoms with Gasteiger partial charge in [-0.15, -0.1) is 0 Å². The van der Waals surface area contributed by atoms with Crippen LogP contribution >= 0.6 is 0 Å². The van der Waals surface area contributed by atoms with Crippen LogP contribution in [0.2, 0.25) is 0 Å². The molecule has 0 aliphatic rings. The molecule has 1 aromatic carbocycles. The van der Waals surface area contributed by atoms with E-state index < -0.39 is 0 Å². The van der Waals surface area contributed by atoms with Crippen molar-refractivity contribution in [3.8, 4) is 0 Å². The van der Waals surface area contributed by atoms with Crippen molar-refractivity contribution in [2.75, 3.05) is 11.9 Å². The predicted octanol–water partition coefficient (Wildman–Crippen LogP) is 2.00. The van der Waals surface area contributed by atoms with Crippen molar-refractivity contribution in [2.24, 2.45) is 0 Å². The van der Waals surface area contributed by atoms with Gasteiger partial charge in [-0.25, -0.2) is 4.52 Å². The molecule has 20 heavy (non-hydrogen) atoms. The van der Waals surface area contributed by atoms with Crippen molar-refractivity contribution in [1.29, 1.82) is 0 Å². The Morgan fingerprint density at radius 2 is 1.95 bits per heavy atom. The molecule has 1 N–H and O–H groups in total. The number of aryl methyl sites for hydroxylation is 1. The minimum atomic E-state index is 0.00436. The fraction of sp³-hybridized carbons (Fsp3) is 0.200. The summed E-state index contributed by atoms with van der Waals surface area (Å²) in [4.78, 5) is 12.1. The van der Waals surface area contributed by atoms with E-state index in [4.69, 9.17) is 0 Å². The van der Waals surface area contributed by atoms with Crippen LogP contribution in [0.15, 0.2) is 59.8 Å². The third-order valence-corrected chi connectivity index (χ3v) is 3.22. The normalized spacial score (nSPS) is 10.8. The SMILES string of the molecule is O=c1c2ccnn2ccn1CCCNc1ccccc1. The van der Waals surface area contributed by atoms with Crippen LogP contribution in [-0.2, 0) is 6.54 Å². The van der Waals surface area contributed by atoms with Crippen LogP contribution in [0.5, 0.6) is 0 Å². The van der Waals surface area contributed by atoms with Crippen LogP contribution in [0, 0.1) is 0 Å². The van der Waals surface area contributed by atoms with Gasteiger partial charge in [-0.05, 0) is 24.6 Å². The summed E-state index contributed by atoms with van der Waals surface area (Å²) in [6, 6.07) is 11.8. The maximum Gasteiger partial charge on any atom is 0.276 e. The van der Waals surface area contributed by atoms with Gasteiger partial charge in [0.1, 0.15) is 5.52 Å². The summed E-state index contributed by atoms with van der Waals surface area (Å²) in [5.74, 6) is 0. The Morgan fingerprint density at radius 3 is 2.80 bits per heavy atom. The molecule has 0 saturated carbocycles. The standard InChI is InChI=1S/C15H16N4O/c20-15-14-7-9-17-19(14)12-11-18(15)10-4-8-16-13-5-2-1-3-6-13/h1-3,5-7,9,11-12,16H,4,8,10H2. The number of rotatable bonds is 5. The van der Waals surface area contributed by atoms with Gasteiger partial charge in [0, 0.05) is 31.2 Å². The lowest BCUT2D eigenvalue weighted by Crippen LogP contribution is -2.22. The molecule has 0 fully saturated rings. The van der Waals surface area contributed by atoms with Crippen molar-refractivity contribution in [2.45, 2.75) is 13.0 Å². The highest BCUT2D eigenvalue weighted by molar-refractivity contribution is 5.43. The zero-order valence-electron chi connectivity index (χ0n) is 11.1. The number of hydrogen-bond donors (Lipinski definition) is 1. The fourth-order valence-corrected chi connectivity index (χ4v) is 2.18. The lowest BCUT2D eigenvalue weighted by Gasteiger charge is -2.08. The number of nitrogens with one attached hydrogen (secondary N) is 1. The molecule has 3 aromatic rings. The molecule has 0 aliphatic heterocycles. The van der Waals surface area contributed by atoms with Gasteiger partial charge < -0.3 is 9.88 Å². The maximum atomic E-state index is 12.1. The van der Waals surface area contributed by atoms with Gasteiger partial charge in [-0.3, -0.25) is 4.79 Å². The van der Waals surface area contributed by atoms with Gasteiger partial charge >= 0.3 is 0 Å². The van der Waals surface area contributed by atoms with Crippen LogP contribution in [0.1, 0.15) is 6.42 Å². The third-order valence-electron chi connectivity index (χ3n) is 3.22. The van der Waals surface area contributed by atoms with Crippen molar-refractivity contribution < 1.29 is 0 Å². The second kappa shape index (κ2) is 5.61. The number of para-hydroxylation sites is 1. The topological polar surface area (TPSA) is 51.3 Å². The summed E-state index contributed by atoms with van der Waals surface area (Å²) in [6.07, 6.45) is 6.11. The molecule has 5 nitrogen and oxygen atoms in total. The lowest BCUT2D eigenvalue weighted by molar-refractivity contribution is 0.634. The smallest absolute Gasteiger partial charge is 0.276 e. The first-order chi connectivity index (χ1) is 9.84. The van der Waals surface area contributed by atoms with E-state index in [1.54, 1.807) is 33.7 Å². The average molecular weight is 268 g/mol. The second-order valence-electron chi connectivity index (χ2n) is 4.60. The molecular weight excluding hydrogens is 252 g/mol. The van der Waals surface area contributed by atoms with Crippen LogP contribution < -0.4 is 10.9 Å². The highest BCUT2D eigenvalue weighted by Crippen LogP contribution is 2.04. The van der Waals surface area contributed by atoms with E-state index in [-0.39, 0.29) is 5.56 Å². The number of anilines is 1. The summed E-state index contributed by atoms with van der Waals surface area (Å²) in [7, 11) is 0. The molecule has 0 saturated heterocycles. The van der Waals surface area contributed by atoms with Gasteiger partial charge in [0.2, 0.25) is 0 Å². The molecular formula is C15H16N4O. The van der Waals surface area contributed by atoms with E-state index in [2.05, 4.69) is 10.4 Å². The zero-order valence-corrected chi connectivity index (χ0v) is 11.1. The molecule has 5 heteroatoms. The van der Waals surface area contributed by atoms with Crippen LogP contribution in [-0.4, -0.2) is 20.7 Å². The molecule has 0 bridgehead atoms. The maximum absolute atomic E-state index is 12.1. The molecule has 102 valence electrons. The van der Waals surface area contributed by atoms with Crippen LogP contribution in [0.25, 0.3) is 5.52 Å². The van der Waals surface area contributed by atoms with Crippen LogP contribution in [0.3, 0.4) is 0 Å². The summed E-state index contributed by atoms with van der Waals surface area (Å²) < 4.78 is 3.32. The Balaban J connectivity index is 1.60. The van der Waals surface area contributed by atoms with E-state index in [9.17, 15) is 4.79 Å². The number of nitrogens with zero attached hydrogens (tertiary/aromatic N) is 3. The predicted molar refractivity (Wildman–Crippen MR) is 79.0 cm³/mol. The Hall–Kier alpha value is -2.56. The quantitative estimate of drug-likeness (QED) is 0.720. The Morgan fingerprint density at radius 1 is 1.10 bits per heavy atom. The summed E-state index contributed by atoms with van der Waals surface area (Å²) in [6.45, 7) is 1.53. The first kappa shape index (κ1) is 12.5. The molecule has 2 heterocycles. The monoisotopic (exact) mass is 268 g/mol. The number of aromatic nitrogens is 3. The van der Waals surface area contributed by atoms with Crippen molar-refractivity contribution in [3.05, 3.63) is 65.3 Å². The highest BCUT2D eigenvalue weighted by Gasteiger charge is 2.02. The molecule has 0 atom stereocenters. The van der Waals surface area contributed by atoms with Crippen LogP contribution in [0.4, 0.5) is 5.69 Å². The number of benzene rings is 1. The zero-order chi connectivity index (χ0) is 13.8. The Kier molecular flexibility index (Phi) is 3.50. The Labute approximate surface area is 116 Å². The third kappa shape index (κ3) is 2.56. The summed E-state index contributed by atoms with van der Waals surface area (Å²) in [5, 5.41) is 7.38. The van der Waals surface area contributed by atoms with Gasteiger partial charge in [0.05, 0.1) is 6.20 Å². The van der Waals surface area contributed by atoms with Crippen molar-refractivity contribution >= 4 is 11.2 Å². The second-order valence-corrected chi connectivity index (χ2v) is 4.60. The van der Waals surface area contributed by atoms with Gasteiger partial charge in [-0.1, -0.05) is 18.2 Å². The molecule has 0 radical (unpaired) electrons. The van der Waals surface area contributed by atoms with E-state index in [0.29, 0.717) is 12.1 Å². The first-order valence-electron chi connectivity index (χ1n) is 6.66. The van der Waals surface area contributed by atoms with E-state index in [1.165, 1.54) is 0 Å². The molecule has 2 aromatic heterocycles. The van der Waals surface area contributed by atoms with Gasteiger partial charge in [-0.2, -0.15) is 5.10 Å². The van der Waals surface area contributed by atoms with E-state index >= 15 is 0 Å². The molecule has 0 unspecified atom stereocenters. The first-order valence-corrected chi connectivity index (χ1v) is 6.66. The van der Waals surface area contributed by atoms with Crippen molar-refractivity contribution in [1.82, 2.24) is 14.2 Å². The van der Waals surface area contributed by atoms with E-state index in [0.717, 1.165) is 18.7 Å². The highest BCUT2D eigenvalue weighted by atomic mass is 16.1. The Bertz CT molecular complexity index is 745. The molecule has 0 aliphatic carbocycles. The average Bonchev–Trinajstić information content (AvgIpc) is 2.96. The molecule has 3 rings (SSSR count). The minimum absolute atomic E-state index is 0.00436.